The molecule has 28 heavy (non-hydrogen) atoms. The average Bonchev–Trinajstić information content (AvgIpc) is 3.07. The Morgan fingerprint density at radius 1 is 1.25 bits per heavy atom. The maximum Gasteiger partial charge on any atom is 0.191 e. The molecule has 2 N–H and O–H groups in total. The highest BCUT2D eigenvalue weighted by atomic mass is 127. The Bertz CT molecular complexity index is 765. The number of guanidine groups is 1. The van der Waals surface area contributed by atoms with Crippen LogP contribution in [0.3, 0.4) is 0 Å². The summed E-state index contributed by atoms with van der Waals surface area (Å²) in [4.78, 5) is 6.81. The van der Waals surface area contributed by atoms with Crippen molar-refractivity contribution < 1.29 is 0 Å². The van der Waals surface area contributed by atoms with E-state index in [4.69, 9.17) is 0 Å². The van der Waals surface area contributed by atoms with Crippen LogP contribution in [0.1, 0.15) is 29.5 Å². The number of hydrogen-bond acceptors (Lipinski definition) is 3. The number of aryl methyl sites for hydroxylation is 3. The number of halogens is 1. The molecule has 0 radical (unpaired) electrons. The Kier molecular flexibility index (Phi) is 8.59. The number of hydrogen-bond donors (Lipinski definition) is 2. The molecule has 0 aliphatic carbocycles. The van der Waals surface area contributed by atoms with E-state index in [1.54, 1.807) is 0 Å². The van der Waals surface area contributed by atoms with Crippen LogP contribution in [0.25, 0.3) is 0 Å². The van der Waals surface area contributed by atoms with E-state index in [-0.39, 0.29) is 24.0 Å². The molecule has 154 valence electrons. The van der Waals surface area contributed by atoms with E-state index in [0.717, 1.165) is 38.4 Å². The lowest BCUT2D eigenvalue weighted by molar-refractivity contribution is 0.468. The lowest BCUT2D eigenvalue weighted by Gasteiger charge is -2.34. The summed E-state index contributed by atoms with van der Waals surface area (Å²) in [6, 6.07) is 7.13. The van der Waals surface area contributed by atoms with Crippen LogP contribution in [-0.2, 0) is 13.5 Å². The first-order valence-corrected chi connectivity index (χ1v) is 9.81. The second-order valence-corrected chi connectivity index (χ2v) is 7.55. The Labute approximate surface area is 185 Å². The van der Waals surface area contributed by atoms with Crippen LogP contribution in [0, 0.1) is 13.8 Å². The molecule has 1 aromatic carbocycles. The number of nitrogens with one attached hydrogen (secondary N) is 2. The Hall–Kier alpha value is -1.77. The Morgan fingerprint density at radius 2 is 2.00 bits per heavy atom. The molecule has 7 heteroatoms. The zero-order valence-corrected chi connectivity index (χ0v) is 19.7. The van der Waals surface area contributed by atoms with Crippen LogP contribution in [0.2, 0.25) is 0 Å². The molecule has 1 aromatic heterocycles. The lowest BCUT2D eigenvalue weighted by Crippen LogP contribution is -2.51. The molecular weight excluding hydrogens is 463 g/mol. The van der Waals surface area contributed by atoms with Crippen LogP contribution in [-0.4, -0.2) is 48.5 Å². The smallest absolute Gasteiger partial charge is 0.191 e. The fourth-order valence-electron chi connectivity index (χ4n) is 3.83. The summed E-state index contributed by atoms with van der Waals surface area (Å²) in [5, 5.41) is 11.4. The van der Waals surface area contributed by atoms with Crippen LogP contribution < -0.4 is 15.5 Å². The van der Waals surface area contributed by atoms with Gasteiger partial charge in [0.2, 0.25) is 0 Å². The van der Waals surface area contributed by atoms with E-state index >= 15 is 0 Å². The van der Waals surface area contributed by atoms with Crippen molar-refractivity contribution in [2.24, 2.45) is 12.0 Å². The fraction of sp³-hybridized carbons (Fsp3) is 0.524. The van der Waals surface area contributed by atoms with Crippen LogP contribution in [0.15, 0.2) is 35.6 Å². The maximum absolute atomic E-state index is 4.41. The van der Waals surface area contributed by atoms with Gasteiger partial charge in [-0.1, -0.05) is 29.3 Å². The molecule has 2 heterocycles. The summed E-state index contributed by atoms with van der Waals surface area (Å²) in [5.41, 5.74) is 5.22. The maximum atomic E-state index is 4.41. The van der Waals surface area contributed by atoms with Gasteiger partial charge in [-0.2, -0.15) is 5.10 Å². The number of benzene rings is 1. The molecule has 0 amide bonds. The van der Waals surface area contributed by atoms with Gasteiger partial charge in [-0.05, 0) is 38.7 Å². The molecule has 3 rings (SSSR count). The molecule has 0 saturated carbocycles. The van der Waals surface area contributed by atoms with Crippen molar-refractivity contribution in [1.29, 1.82) is 0 Å². The third-order valence-corrected chi connectivity index (χ3v) is 5.03. The highest BCUT2D eigenvalue weighted by Crippen LogP contribution is 2.19. The second kappa shape index (κ2) is 10.7. The minimum absolute atomic E-state index is 0. The summed E-state index contributed by atoms with van der Waals surface area (Å²) in [5.74, 6) is 0.886. The van der Waals surface area contributed by atoms with Gasteiger partial charge < -0.3 is 15.5 Å². The van der Waals surface area contributed by atoms with Crippen molar-refractivity contribution in [2.45, 2.75) is 39.2 Å². The predicted octanol–water partition coefficient (Wildman–Crippen LogP) is 3.03. The van der Waals surface area contributed by atoms with Gasteiger partial charge in [0.25, 0.3) is 0 Å². The quantitative estimate of drug-likeness (QED) is 0.380. The van der Waals surface area contributed by atoms with Gasteiger partial charge in [-0.15, -0.1) is 24.0 Å². The summed E-state index contributed by atoms with van der Waals surface area (Å²) < 4.78 is 1.86. The van der Waals surface area contributed by atoms with Crippen molar-refractivity contribution >= 4 is 35.6 Å². The number of anilines is 1. The molecule has 2 aromatic rings. The molecule has 6 nitrogen and oxygen atoms in total. The SMILES string of the molecule is CN=C(NCCc1cc(C)cc(C)c1)NC1CCCN(c2cnn(C)c2)C1.I. The number of rotatable bonds is 5. The number of piperidine rings is 1. The molecule has 1 fully saturated rings. The second-order valence-electron chi connectivity index (χ2n) is 7.55. The molecule has 1 unspecified atom stereocenters. The first-order chi connectivity index (χ1) is 13.0. The third kappa shape index (κ3) is 6.39. The van der Waals surface area contributed by atoms with E-state index < -0.39 is 0 Å². The zero-order valence-electron chi connectivity index (χ0n) is 17.4. The van der Waals surface area contributed by atoms with E-state index in [9.17, 15) is 0 Å². The number of aromatic nitrogens is 2. The summed E-state index contributed by atoms with van der Waals surface area (Å²) >= 11 is 0. The topological polar surface area (TPSA) is 57.5 Å². The highest BCUT2D eigenvalue weighted by Gasteiger charge is 2.21. The molecule has 0 spiro atoms. The van der Waals surface area contributed by atoms with Crippen molar-refractivity contribution in [3.63, 3.8) is 0 Å². The van der Waals surface area contributed by atoms with Crippen molar-refractivity contribution in [2.75, 3.05) is 31.6 Å². The normalized spacial score (nSPS) is 17.2. The Balaban J connectivity index is 0.00000280. The lowest BCUT2D eigenvalue weighted by atomic mass is 10.1. The van der Waals surface area contributed by atoms with E-state index in [1.807, 2.05) is 25.0 Å². The molecular formula is C21H33IN6. The minimum Gasteiger partial charge on any atom is -0.367 e. The molecule has 1 aliphatic rings. The van der Waals surface area contributed by atoms with Gasteiger partial charge in [0.05, 0.1) is 11.9 Å². The van der Waals surface area contributed by atoms with Crippen LogP contribution in [0.4, 0.5) is 5.69 Å². The van der Waals surface area contributed by atoms with Crippen LogP contribution in [0.5, 0.6) is 0 Å². The van der Waals surface area contributed by atoms with Crippen molar-refractivity contribution in [1.82, 2.24) is 20.4 Å². The van der Waals surface area contributed by atoms with Crippen LogP contribution >= 0.6 is 24.0 Å². The first-order valence-electron chi connectivity index (χ1n) is 9.81. The van der Waals surface area contributed by atoms with Gasteiger partial charge in [0.15, 0.2) is 5.96 Å². The number of nitrogens with zero attached hydrogens (tertiary/aromatic N) is 4. The van der Waals surface area contributed by atoms with E-state index in [2.05, 4.69) is 63.9 Å². The summed E-state index contributed by atoms with van der Waals surface area (Å²) in [6.07, 6.45) is 7.36. The molecule has 1 saturated heterocycles. The fourth-order valence-corrected chi connectivity index (χ4v) is 3.83. The number of aliphatic imine (C=N–C) groups is 1. The van der Waals surface area contributed by atoms with Crippen molar-refractivity contribution in [3.05, 3.63) is 47.3 Å². The monoisotopic (exact) mass is 496 g/mol. The molecule has 1 atom stereocenters. The van der Waals surface area contributed by atoms with E-state index in [1.165, 1.54) is 28.8 Å². The molecule has 0 bridgehead atoms. The predicted molar refractivity (Wildman–Crippen MR) is 128 cm³/mol. The standard InChI is InChI=1S/C21H32N6.HI/c1-16-10-17(2)12-18(11-16)7-8-23-21(22-3)25-19-6-5-9-27(14-19)20-13-24-26(4)15-20;/h10-13,15,19H,5-9,14H2,1-4H3,(H2,22,23,25);1H. The Morgan fingerprint density at radius 3 is 2.64 bits per heavy atom. The largest absolute Gasteiger partial charge is 0.367 e. The highest BCUT2D eigenvalue weighted by molar-refractivity contribution is 14.0. The van der Waals surface area contributed by atoms with Gasteiger partial charge in [-0.3, -0.25) is 9.67 Å². The summed E-state index contributed by atoms with van der Waals surface area (Å²) in [6.45, 7) is 7.25. The third-order valence-electron chi connectivity index (χ3n) is 5.03. The van der Waals surface area contributed by atoms with Crippen molar-refractivity contribution in [3.8, 4) is 0 Å². The van der Waals surface area contributed by atoms with Gasteiger partial charge >= 0.3 is 0 Å². The molecule has 1 aliphatic heterocycles. The van der Waals surface area contributed by atoms with Gasteiger partial charge in [0, 0.05) is 46.0 Å². The average molecular weight is 496 g/mol. The zero-order chi connectivity index (χ0) is 19.2. The first kappa shape index (κ1) is 22.5. The van der Waals surface area contributed by atoms with E-state index in [0.29, 0.717) is 6.04 Å². The minimum atomic E-state index is 0. The van der Waals surface area contributed by atoms with Gasteiger partial charge in [0.1, 0.15) is 0 Å². The van der Waals surface area contributed by atoms with Gasteiger partial charge in [-0.25, -0.2) is 0 Å². The summed E-state index contributed by atoms with van der Waals surface area (Å²) in [7, 11) is 3.80.